The van der Waals surface area contributed by atoms with Gasteiger partial charge in [0, 0.05) is 30.9 Å². The van der Waals surface area contributed by atoms with E-state index in [0.717, 1.165) is 43.9 Å². The first-order valence-corrected chi connectivity index (χ1v) is 8.40. The van der Waals surface area contributed by atoms with Gasteiger partial charge in [-0.25, -0.2) is 9.97 Å². The van der Waals surface area contributed by atoms with Crippen molar-refractivity contribution in [1.29, 1.82) is 0 Å². The van der Waals surface area contributed by atoms with Gasteiger partial charge in [-0.1, -0.05) is 0 Å². The van der Waals surface area contributed by atoms with E-state index in [1.807, 2.05) is 12.1 Å². The van der Waals surface area contributed by atoms with E-state index in [0.29, 0.717) is 11.5 Å². The van der Waals surface area contributed by atoms with E-state index in [9.17, 15) is 4.79 Å². The molecule has 1 aliphatic heterocycles. The summed E-state index contributed by atoms with van der Waals surface area (Å²) < 4.78 is 5.45. The van der Waals surface area contributed by atoms with Crippen molar-refractivity contribution in [1.82, 2.24) is 24.8 Å². The highest BCUT2D eigenvalue weighted by Gasteiger charge is 2.24. The minimum atomic E-state index is -0.159. The quantitative estimate of drug-likeness (QED) is 0.785. The Labute approximate surface area is 144 Å². The number of likely N-dealkylation sites (tertiary alicyclic amines) is 1. The second-order valence-corrected chi connectivity index (χ2v) is 6.26. The molecule has 7 nitrogen and oxygen atoms in total. The van der Waals surface area contributed by atoms with Crippen LogP contribution in [0.15, 0.2) is 52.3 Å². The molecule has 3 aromatic heterocycles. The predicted octanol–water partition coefficient (Wildman–Crippen LogP) is 2.20. The van der Waals surface area contributed by atoms with Crippen molar-refractivity contribution in [3.63, 3.8) is 0 Å². The summed E-state index contributed by atoms with van der Waals surface area (Å²) in [6, 6.07) is 5.49. The van der Waals surface area contributed by atoms with Crippen LogP contribution in [0.4, 0.5) is 0 Å². The number of aromatic nitrogens is 4. The van der Waals surface area contributed by atoms with Crippen molar-refractivity contribution in [3.8, 4) is 11.5 Å². The van der Waals surface area contributed by atoms with E-state index < -0.39 is 0 Å². The van der Waals surface area contributed by atoms with Crippen LogP contribution in [-0.2, 0) is 6.54 Å². The lowest BCUT2D eigenvalue weighted by atomic mass is 9.94. The Bertz CT molecular complexity index is 876. The van der Waals surface area contributed by atoms with Crippen molar-refractivity contribution in [2.75, 3.05) is 13.1 Å². The molecule has 4 rings (SSSR count). The Balaban J connectivity index is 1.56. The summed E-state index contributed by atoms with van der Waals surface area (Å²) in [6.07, 6.45) is 8.58. The van der Waals surface area contributed by atoms with Gasteiger partial charge in [0.25, 0.3) is 5.56 Å². The lowest BCUT2D eigenvalue weighted by molar-refractivity contribution is 0.185. The Morgan fingerprint density at radius 2 is 2.32 bits per heavy atom. The molecule has 1 atom stereocenters. The molecule has 25 heavy (non-hydrogen) atoms. The summed E-state index contributed by atoms with van der Waals surface area (Å²) in [5.41, 5.74) is 1.23. The van der Waals surface area contributed by atoms with Gasteiger partial charge < -0.3 is 9.40 Å². The number of nitrogens with zero attached hydrogens (tertiary/aromatic N) is 4. The zero-order valence-electron chi connectivity index (χ0n) is 13.8. The third-order valence-corrected chi connectivity index (χ3v) is 4.45. The second-order valence-electron chi connectivity index (χ2n) is 6.26. The number of hydrogen-bond donors (Lipinski definition) is 1. The number of hydrogen-bond acceptors (Lipinski definition) is 6. The smallest absolute Gasteiger partial charge is 0.251 e. The molecule has 1 fully saturated rings. The number of aromatic amines is 1. The largest absolute Gasteiger partial charge is 0.468 e. The summed E-state index contributed by atoms with van der Waals surface area (Å²) in [7, 11) is 0. The van der Waals surface area contributed by atoms with Gasteiger partial charge in [0.2, 0.25) is 0 Å². The summed E-state index contributed by atoms with van der Waals surface area (Å²) in [6.45, 7) is 2.66. The molecule has 0 radical (unpaired) electrons. The van der Waals surface area contributed by atoms with Crippen LogP contribution in [0.5, 0.6) is 0 Å². The zero-order chi connectivity index (χ0) is 17.1. The number of rotatable bonds is 4. The number of furan rings is 1. The molecule has 3 aromatic rings. The van der Waals surface area contributed by atoms with Crippen molar-refractivity contribution >= 4 is 0 Å². The highest BCUT2D eigenvalue weighted by molar-refractivity contribution is 5.46. The van der Waals surface area contributed by atoms with Gasteiger partial charge in [0.05, 0.1) is 24.7 Å². The highest BCUT2D eigenvalue weighted by Crippen LogP contribution is 2.26. The molecule has 7 heteroatoms. The van der Waals surface area contributed by atoms with Gasteiger partial charge in [0.15, 0.2) is 5.82 Å². The maximum Gasteiger partial charge on any atom is 0.251 e. The van der Waals surface area contributed by atoms with E-state index in [1.54, 1.807) is 30.9 Å². The summed E-state index contributed by atoms with van der Waals surface area (Å²) in [5, 5.41) is 0. The third kappa shape index (κ3) is 3.66. The van der Waals surface area contributed by atoms with Crippen molar-refractivity contribution in [2.45, 2.75) is 25.3 Å². The fraction of sp³-hybridized carbons (Fsp3) is 0.333. The van der Waals surface area contributed by atoms with Gasteiger partial charge in [-0.05, 0) is 31.5 Å². The first-order chi connectivity index (χ1) is 12.3. The molecule has 0 aromatic carbocycles. The van der Waals surface area contributed by atoms with E-state index in [-0.39, 0.29) is 11.5 Å². The summed E-state index contributed by atoms with van der Waals surface area (Å²) in [4.78, 5) is 30.1. The lowest BCUT2D eigenvalue weighted by Gasteiger charge is -2.31. The van der Waals surface area contributed by atoms with E-state index >= 15 is 0 Å². The van der Waals surface area contributed by atoms with Gasteiger partial charge in [-0.2, -0.15) is 0 Å². The summed E-state index contributed by atoms with van der Waals surface area (Å²) >= 11 is 0. The minimum Gasteiger partial charge on any atom is -0.468 e. The van der Waals surface area contributed by atoms with Crippen LogP contribution in [0.3, 0.4) is 0 Å². The van der Waals surface area contributed by atoms with Crippen LogP contribution in [0, 0.1) is 0 Å². The molecule has 1 aliphatic rings. The molecular weight excluding hydrogens is 318 g/mol. The van der Waals surface area contributed by atoms with Gasteiger partial charge in [0.1, 0.15) is 11.5 Å². The van der Waals surface area contributed by atoms with Crippen LogP contribution in [0.1, 0.15) is 30.2 Å². The van der Waals surface area contributed by atoms with E-state index in [2.05, 4.69) is 24.8 Å². The number of piperidine rings is 1. The highest BCUT2D eigenvalue weighted by atomic mass is 16.3. The molecule has 1 N–H and O–H groups in total. The van der Waals surface area contributed by atoms with Gasteiger partial charge in [-0.3, -0.25) is 14.7 Å². The lowest BCUT2D eigenvalue weighted by Crippen LogP contribution is -2.34. The second kappa shape index (κ2) is 6.98. The van der Waals surface area contributed by atoms with Crippen molar-refractivity contribution in [3.05, 3.63) is 64.9 Å². The Kier molecular flexibility index (Phi) is 4.39. The molecule has 4 heterocycles. The Morgan fingerprint density at radius 1 is 1.36 bits per heavy atom. The molecule has 128 valence electrons. The molecule has 0 spiro atoms. The van der Waals surface area contributed by atoms with E-state index in [4.69, 9.17) is 4.42 Å². The SMILES string of the molecule is O=c1cc([C@H]2CCCN(Cc3ccco3)C2)nc(-c2cnccn2)[nH]1. The topological polar surface area (TPSA) is 87.9 Å². The number of nitrogens with one attached hydrogen (secondary N) is 1. The van der Waals surface area contributed by atoms with Crippen LogP contribution in [0.2, 0.25) is 0 Å². The third-order valence-electron chi connectivity index (χ3n) is 4.45. The first kappa shape index (κ1) is 15.7. The summed E-state index contributed by atoms with van der Waals surface area (Å²) in [5.74, 6) is 1.65. The normalized spacial score (nSPS) is 18.3. The van der Waals surface area contributed by atoms with Crippen molar-refractivity contribution < 1.29 is 4.42 Å². The molecule has 0 aliphatic carbocycles. The molecule has 0 saturated carbocycles. The maximum atomic E-state index is 12.1. The first-order valence-electron chi connectivity index (χ1n) is 8.40. The van der Waals surface area contributed by atoms with Gasteiger partial charge in [-0.15, -0.1) is 0 Å². The standard InChI is InChI=1S/C18H19N5O2/c24-17-9-15(21-18(22-17)16-10-19-5-6-20-16)13-3-1-7-23(11-13)12-14-4-2-8-25-14/h2,4-6,8-10,13H,1,3,7,11-12H2,(H,21,22,24)/t13-/m0/s1. The monoisotopic (exact) mass is 337 g/mol. The van der Waals surface area contributed by atoms with Crippen LogP contribution in [-0.4, -0.2) is 37.9 Å². The molecule has 0 unspecified atom stereocenters. The molecule has 1 saturated heterocycles. The minimum absolute atomic E-state index is 0.159. The van der Waals surface area contributed by atoms with Crippen LogP contribution >= 0.6 is 0 Å². The molecule has 0 amide bonds. The zero-order valence-corrected chi connectivity index (χ0v) is 13.8. The molecular formula is C18H19N5O2. The predicted molar refractivity (Wildman–Crippen MR) is 91.8 cm³/mol. The van der Waals surface area contributed by atoms with E-state index in [1.165, 1.54) is 0 Å². The fourth-order valence-corrected chi connectivity index (χ4v) is 3.29. The van der Waals surface area contributed by atoms with Crippen LogP contribution in [0.25, 0.3) is 11.5 Å². The average Bonchev–Trinajstić information content (AvgIpc) is 3.15. The van der Waals surface area contributed by atoms with Crippen molar-refractivity contribution in [2.24, 2.45) is 0 Å². The van der Waals surface area contributed by atoms with Crippen LogP contribution < -0.4 is 5.56 Å². The Morgan fingerprint density at radius 3 is 3.12 bits per heavy atom. The number of H-pyrrole nitrogens is 1. The van der Waals surface area contributed by atoms with Gasteiger partial charge >= 0.3 is 0 Å². The molecule has 0 bridgehead atoms. The average molecular weight is 337 g/mol. The Hall–Kier alpha value is -2.80. The fourth-order valence-electron chi connectivity index (χ4n) is 3.29. The maximum absolute atomic E-state index is 12.1.